The average Bonchev–Trinajstić information content (AvgIpc) is 2.45. The summed E-state index contributed by atoms with van der Waals surface area (Å²) in [6.07, 6.45) is 0. The minimum absolute atomic E-state index is 0.0622. The van der Waals surface area contributed by atoms with Crippen molar-refractivity contribution in [2.45, 2.75) is 33.3 Å². The van der Waals surface area contributed by atoms with E-state index in [1.807, 2.05) is 32.9 Å². The summed E-state index contributed by atoms with van der Waals surface area (Å²) in [5, 5.41) is 23.7. The van der Waals surface area contributed by atoms with Crippen LogP contribution in [0.1, 0.15) is 30.5 Å². The number of aliphatic hydroxyl groups is 1. The first-order chi connectivity index (χ1) is 10.3. The summed E-state index contributed by atoms with van der Waals surface area (Å²) >= 11 is 0. The van der Waals surface area contributed by atoms with E-state index in [2.05, 4.69) is 0 Å². The molecule has 1 heterocycles. The molecular weight excluding hydrogens is 282 g/mol. The monoisotopic (exact) mass is 301 g/mol. The van der Waals surface area contributed by atoms with Crippen LogP contribution in [0.3, 0.4) is 0 Å². The molecule has 2 aromatic carbocycles. The van der Waals surface area contributed by atoms with Crippen LogP contribution >= 0.6 is 0 Å². The molecular formula is C17H19NO4. The summed E-state index contributed by atoms with van der Waals surface area (Å²) in [6.45, 7) is 7.64. The Labute approximate surface area is 128 Å². The van der Waals surface area contributed by atoms with Crippen molar-refractivity contribution in [3.8, 4) is 5.75 Å². The van der Waals surface area contributed by atoms with Crippen molar-refractivity contribution in [2.75, 3.05) is 6.61 Å². The van der Waals surface area contributed by atoms with Gasteiger partial charge >= 0.3 is 0 Å². The third kappa shape index (κ3) is 1.82. The number of nitro benzene ring substituents is 1. The zero-order valence-corrected chi connectivity index (χ0v) is 13.1. The minimum atomic E-state index is -1.14. The maximum Gasteiger partial charge on any atom is 0.278 e. The molecule has 1 N–H and O–H groups in total. The maximum absolute atomic E-state index is 11.4. The quantitative estimate of drug-likeness (QED) is 0.679. The second-order valence-corrected chi connectivity index (χ2v) is 6.35. The SMILES string of the molecule is Cc1cc([N+](=O)[O-])c2c(C)ccc3c2c1OCC3(O)C(C)C. The second kappa shape index (κ2) is 4.68. The molecule has 0 saturated heterocycles. The molecule has 0 spiro atoms. The molecule has 5 nitrogen and oxygen atoms in total. The Hall–Kier alpha value is -2.14. The number of benzene rings is 2. The topological polar surface area (TPSA) is 72.6 Å². The molecule has 0 aliphatic carbocycles. The highest BCUT2D eigenvalue weighted by molar-refractivity contribution is 6.02. The normalized spacial score (nSPS) is 20.3. The Kier molecular flexibility index (Phi) is 3.14. The fourth-order valence-electron chi connectivity index (χ4n) is 3.24. The van der Waals surface area contributed by atoms with Gasteiger partial charge in [0.2, 0.25) is 0 Å². The van der Waals surface area contributed by atoms with E-state index in [9.17, 15) is 15.2 Å². The van der Waals surface area contributed by atoms with Crippen molar-refractivity contribution in [3.05, 3.63) is 45.0 Å². The number of aryl methyl sites for hydroxylation is 2. The van der Waals surface area contributed by atoms with Gasteiger partial charge in [-0.25, -0.2) is 0 Å². The molecule has 5 heteroatoms. The van der Waals surface area contributed by atoms with Gasteiger partial charge in [0, 0.05) is 11.5 Å². The van der Waals surface area contributed by atoms with Crippen LogP contribution < -0.4 is 4.74 Å². The first-order valence-electron chi connectivity index (χ1n) is 7.34. The Morgan fingerprint density at radius 3 is 2.55 bits per heavy atom. The van der Waals surface area contributed by atoms with Crippen molar-refractivity contribution < 1.29 is 14.8 Å². The molecule has 0 fully saturated rings. The van der Waals surface area contributed by atoms with Gasteiger partial charge in [0.15, 0.2) is 0 Å². The van der Waals surface area contributed by atoms with E-state index in [-0.39, 0.29) is 23.1 Å². The molecule has 1 atom stereocenters. The summed E-state index contributed by atoms with van der Waals surface area (Å²) in [6, 6.07) is 5.25. The van der Waals surface area contributed by atoms with Crippen LogP contribution in [0, 0.1) is 29.9 Å². The van der Waals surface area contributed by atoms with Crippen molar-refractivity contribution in [1.82, 2.24) is 0 Å². The van der Waals surface area contributed by atoms with E-state index in [1.165, 1.54) is 0 Å². The van der Waals surface area contributed by atoms with Crippen LogP contribution in [0.25, 0.3) is 10.8 Å². The van der Waals surface area contributed by atoms with Gasteiger partial charge in [-0.15, -0.1) is 0 Å². The van der Waals surface area contributed by atoms with Gasteiger partial charge in [-0.1, -0.05) is 26.0 Å². The van der Waals surface area contributed by atoms with Gasteiger partial charge in [-0.2, -0.15) is 0 Å². The van der Waals surface area contributed by atoms with Gasteiger partial charge in [-0.3, -0.25) is 10.1 Å². The van der Waals surface area contributed by atoms with Gasteiger partial charge in [-0.05, 0) is 36.5 Å². The third-order valence-electron chi connectivity index (χ3n) is 4.66. The fourth-order valence-corrected chi connectivity index (χ4v) is 3.24. The fraction of sp³-hybridized carbons (Fsp3) is 0.412. The number of nitrogens with zero attached hydrogens (tertiary/aromatic N) is 1. The van der Waals surface area contributed by atoms with E-state index < -0.39 is 5.60 Å². The molecule has 0 bridgehead atoms. The van der Waals surface area contributed by atoms with Crippen LogP contribution in [0.5, 0.6) is 5.75 Å². The Morgan fingerprint density at radius 1 is 1.27 bits per heavy atom. The number of hydrogen-bond donors (Lipinski definition) is 1. The Morgan fingerprint density at radius 2 is 1.95 bits per heavy atom. The van der Waals surface area contributed by atoms with Gasteiger partial charge < -0.3 is 9.84 Å². The lowest BCUT2D eigenvalue weighted by atomic mass is 9.78. The minimum Gasteiger partial charge on any atom is -0.489 e. The van der Waals surface area contributed by atoms with E-state index in [0.29, 0.717) is 16.5 Å². The lowest BCUT2D eigenvalue weighted by Gasteiger charge is -2.38. The first kappa shape index (κ1) is 14.8. The smallest absolute Gasteiger partial charge is 0.278 e. The summed E-state index contributed by atoms with van der Waals surface area (Å²) < 4.78 is 5.82. The Balaban J connectivity index is 2.52. The van der Waals surface area contributed by atoms with Gasteiger partial charge in [0.25, 0.3) is 5.69 Å². The van der Waals surface area contributed by atoms with Crippen LogP contribution in [0.2, 0.25) is 0 Å². The summed E-state index contributed by atoms with van der Waals surface area (Å²) in [4.78, 5) is 11.1. The van der Waals surface area contributed by atoms with Crippen molar-refractivity contribution in [1.29, 1.82) is 0 Å². The van der Waals surface area contributed by atoms with Crippen molar-refractivity contribution >= 4 is 16.5 Å². The molecule has 1 unspecified atom stereocenters. The van der Waals surface area contributed by atoms with Gasteiger partial charge in [0.1, 0.15) is 18.0 Å². The van der Waals surface area contributed by atoms with Crippen molar-refractivity contribution in [2.24, 2.45) is 5.92 Å². The predicted molar refractivity (Wildman–Crippen MR) is 84.3 cm³/mol. The highest BCUT2D eigenvalue weighted by Crippen LogP contribution is 2.48. The lowest BCUT2D eigenvalue weighted by Crippen LogP contribution is -2.41. The highest BCUT2D eigenvalue weighted by atomic mass is 16.6. The van der Waals surface area contributed by atoms with Crippen LogP contribution in [-0.2, 0) is 5.60 Å². The standard InChI is InChI=1S/C17H19NO4/c1-9(2)17(19)8-22-16-11(4)7-13(18(20)21)14-10(3)5-6-12(17)15(14)16/h5-7,9,19H,8H2,1-4H3. The number of ether oxygens (including phenoxy) is 1. The third-order valence-corrected chi connectivity index (χ3v) is 4.66. The summed E-state index contributed by atoms with van der Waals surface area (Å²) in [7, 11) is 0. The zero-order valence-electron chi connectivity index (χ0n) is 13.1. The predicted octanol–water partition coefficient (Wildman–Crippen LogP) is 3.60. The Bertz CT molecular complexity index is 797. The second-order valence-electron chi connectivity index (χ2n) is 6.35. The molecule has 2 aromatic rings. The summed E-state index contributed by atoms with van der Waals surface area (Å²) in [5.74, 6) is 0.579. The molecule has 0 aromatic heterocycles. The molecule has 1 aliphatic heterocycles. The van der Waals surface area contributed by atoms with Crippen molar-refractivity contribution in [3.63, 3.8) is 0 Å². The largest absolute Gasteiger partial charge is 0.489 e. The molecule has 116 valence electrons. The molecule has 0 radical (unpaired) electrons. The number of hydrogen-bond acceptors (Lipinski definition) is 4. The number of rotatable bonds is 2. The average molecular weight is 301 g/mol. The molecule has 0 amide bonds. The highest BCUT2D eigenvalue weighted by Gasteiger charge is 2.41. The van der Waals surface area contributed by atoms with E-state index in [1.54, 1.807) is 13.0 Å². The molecule has 1 aliphatic rings. The van der Waals surface area contributed by atoms with E-state index in [4.69, 9.17) is 4.74 Å². The molecule has 0 saturated carbocycles. The summed E-state index contributed by atoms with van der Waals surface area (Å²) in [5.41, 5.74) is 1.17. The van der Waals surface area contributed by atoms with Crippen LogP contribution in [0.4, 0.5) is 5.69 Å². The van der Waals surface area contributed by atoms with Crippen LogP contribution in [-0.4, -0.2) is 16.6 Å². The molecule has 22 heavy (non-hydrogen) atoms. The van der Waals surface area contributed by atoms with Crippen LogP contribution in [0.15, 0.2) is 18.2 Å². The van der Waals surface area contributed by atoms with Gasteiger partial charge in [0.05, 0.1) is 10.3 Å². The number of nitro groups is 1. The molecule has 3 rings (SSSR count). The van der Waals surface area contributed by atoms with E-state index in [0.717, 1.165) is 16.7 Å². The maximum atomic E-state index is 11.4. The zero-order chi connectivity index (χ0) is 16.2. The lowest BCUT2D eigenvalue weighted by molar-refractivity contribution is -0.383. The van der Waals surface area contributed by atoms with E-state index >= 15 is 0 Å². The first-order valence-corrected chi connectivity index (χ1v) is 7.34. The number of non-ortho nitro benzene ring substituents is 1.